The van der Waals surface area contributed by atoms with Crippen LogP contribution in [-0.4, -0.2) is 18.1 Å². The van der Waals surface area contributed by atoms with Crippen molar-refractivity contribution in [1.29, 1.82) is 0 Å². The summed E-state index contributed by atoms with van der Waals surface area (Å²) in [6.07, 6.45) is -3.34. The molecule has 1 atom stereocenters. The van der Waals surface area contributed by atoms with Crippen molar-refractivity contribution in [2.75, 3.05) is 13.1 Å². The largest absolute Gasteiger partial charge is 0.416 e. The first-order valence-electron chi connectivity index (χ1n) is 6.07. The highest BCUT2D eigenvalue weighted by Crippen LogP contribution is 2.38. The van der Waals surface area contributed by atoms with Gasteiger partial charge in [-0.25, -0.2) is 4.98 Å². The third-order valence-corrected chi connectivity index (χ3v) is 4.94. The Morgan fingerprint density at radius 1 is 1.37 bits per heavy atom. The van der Waals surface area contributed by atoms with E-state index in [1.165, 1.54) is 17.4 Å². The highest BCUT2D eigenvalue weighted by molar-refractivity contribution is 7.18. The van der Waals surface area contributed by atoms with Gasteiger partial charge in [-0.05, 0) is 31.2 Å². The van der Waals surface area contributed by atoms with E-state index in [1.807, 2.05) is 0 Å². The van der Waals surface area contributed by atoms with Crippen LogP contribution in [-0.2, 0) is 11.6 Å². The molecule has 3 rings (SSSR count). The molecule has 1 aromatic carbocycles. The molecule has 0 radical (unpaired) electrons. The van der Waals surface area contributed by atoms with Crippen molar-refractivity contribution in [2.24, 2.45) is 0 Å². The van der Waals surface area contributed by atoms with E-state index in [4.69, 9.17) is 0 Å². The fraction of sp³-hybridized carbons (Fsp3) is 0.462. The summed E-state index contributed by atoms with van der Waals surface area (Å²) in [4.78, 5) is 4.42. The van der Waals surface area contributed by atoms with E-state index >= 15 is 0 Å². The van der Waals surface area contributed by atoms with E-state index in [9.17, 15) is 13.2 Å². The smallest absolute Gasteiger partial charge is 0.316 e. The van der Waals surface area contributed by atoms with Crippen LogP contribution in [0.25, 0.3) is 10.2 Å². The predicted molar refractivity (Wildman–Crippen MR) is 69.5 cm³/mol. The van der Waals surface area contributed by atoms with Gasteiger partial charge in [-0.3, -0.25) is 0 Å². The van der Waals surface area contributed by atoms with Crippen molar-refractivity contribution in [2.45, 2.75) is 24.9 Å². The summed E-state index contributed by atoms with van der Waals surface area (Å²) in [6, 6.07) is 3.78. The molecule has 0 aliphatic carbocycles. The maximum absolute atomic E-state index is 12.7. The zero-order valence-electron chi connectivity index (χ0n) is 10.3. The van der Waals surface area contributed by atoms with Gasteiger partial charge < -0.3 is 5.32 Å². The van der Waals surface area contributed by atoms with Gasteiger partial charge in [0.25, 0.3) is 0 Å². The standard InChI is InChI=1S/C13H13F3N2S/c1-12(4-5-17-7-12)11-18-9-6-8(13(14,15)16)2-3-10(9)19-11/h2-3,6,17H,4-5,7H2,1H3. The maximum Gasteiger partial charge on any atom is 0.416 e. The third-order valence-electron chi connectivity index (χ3n) is 3.60. The van der Waals surface area contributed by atoms with Gasteiger partial charge in [-0.1, -0.05) is 6.92 Å². The van der Waals surface area contributed by atoms with Crippen LogP contribution >= 0.6 is 11.3 Å². The highest BCUT2D eigenvalue weighted by Gasteiger charge is 2.34. The molecule has 19 heavy (non-hydrogen) atoms. The first-order chi connectivity index (χ1) is 8.88. The lowest BCUT2D eigenvalue weighted by molar-refractivity contribution is -0.137. The summed E-state index contributed by atoms with van der Waals surface area (Å²) in [5.41, 5.74) is -0.239. The lowest BCUT2D eigenvalue weighted by Crippen LogP contribution is -2.24. The van der Waals surface area contributed by atoms with Crippen molar-refractivity contribution in [3.63, 3.8) is 0 Å². The summed E-state index contributed by atoms with van der Waals surface area (Å²) in [6.45, 7) is 3.87. The fourth-order valence-corrected chi connectivity index (χ4v) is 3.48. The quantitative estimate of drug-likeness (QED) is 0.867. The molecule has 2 aromatic rings. The molecule has 0 amide bonds. The van der Waals surface area contributed by atoms with E-state index in [0.717, 1.165) is 41.4 Å². The molecule has 0 bridgehead atoms. The lowest BCUT2D eigenvalue weighted by atomic mass is 9.91. The van der Waals surface area contributed by atoms with Crippen molar-refractivity contribution < 1.29 is 13.2 Å². The molecule has 1 aromatic heterocycles. The second-order valence-corrected chi connectivity index (χ2v) is 6.22. The number of hydrogen-bond acceptors (Lipinski definition) is 3. The summed E-state index contributed by atoms with van der Waals surface area (Å²) < 4.78 is 38.8. The molecule has 6 heteroatoms. The number of aromatic nitrogens is 1. The molecule has 0 spiro atoms. The molecule has 1 aliphatic rings. The van der Waals surface area contributed by atoms with Crippen molar-refractivity contribution in [1.82, 2.24) is 10.3 Å². The second kappa shape index (κ2) is 4.18. The SMILES string of the molecule is CC1(c2nc3cc(C(F)(F)F)ccc3s2)CCNC1. The Kier molecular flexibility index (Phi) is 2.83. The Morgan fingerprint density at radius 2 is 2.16 bits per heavy atom. The van der Waals surface area contributed by atoms with Crippen LogP contribution < -0.4 is 5.32 Å². The van der Waals surface area contributed by atoms with Gasteiger partial charge in [0.15, 0.2) is 0 Å². The molecular formula is C13H13F3N2S. The molecule has 0 saturated carbocycles. The van der Waals surface area contributed by atoms with Crippen LogP contribution in [0.4, 0.5) is 13.2 Å². The monoisotopic (exact) mass is 286 g/mol. The number of halogens is 3. The summed E-state index contributed by atoms with van der Waals surface area (Å²) in [5.74, 6) is 0. The van der Waals surface area contributed by atoms with Crippen molar-refractivity contribution in [3.05, 3.63) is 28.8 Å². The number of nitrogens with zero attached hydrogens (tertiary/aromatic N) is 1. The number of alkyl halides is 3. The Morgan fingerprint density at radius 3 is 2.79 bits per heavy atom. The lowest BCUT2D eigenvalue weighted by Gasteiger charge is -2.18. The molecule has 2 nitrogen and oxygen atoms in total. The van der Waals surface area contributed by atoms with E-state index in [2.05, 4.69) is 17.2 Å². The molecule has 1 saturated heterocycles. The summed E-state index contributed by atoms with van der Waals surface area (Å²) in [5, 5.41) is 4.20. The zero-order chi connectivity index (χ0) is 13.7. The van der Waals surface area contributed by atoms with Crippen LogP contribution in [0.5, 0.6) is 0 Å². The van der Waals surface area contributed by atoms with Crippen molar-refractivity contribution in [3.8, 4) is 0 Å². The summed E-state index contributed by atoms with van der Waals surface area (Å²) >= 11 is 1.49. The minimum absolute atomic E-state index is 0.0535. The first-order valence-corrected chi connectivity index (χ1v) is 6.89. The van der Waals surface area contributed by atoms with Gasteiger partial charge in [-0.15, -0.1) is 11.3 Å². The van der Waals surface area contributed by atoms with Gasteiger partial charge >= 0.3 is 6.18 Å². The number of benzene rings is 1. The number of rotatable bonds is 1. The van der Waals surface area contributed by atoms with Crippen LogP contribution in [0.15, 0.2) is 18.2 Å². The van der Waals surface area contributed by atoms with Crippen LogP contribution in [0.2, 0.25) is 0 Å². The van der Waals surface area contributed by atoms with Gasteiger partial charge in [-0.2, -0.15) is 13.2 Å². The maximum atomic E-state index is 12.7. The van der Waals surface area contributed by atoms with Gasteiger partial charge in [0.1, 0.15) is 5.01 Å². The average molecular weight is 286 g/mol. The molecule has 2 heterocycles. The van der Waals surface area contributed by atoms with E-state index in [1.54, 1.807) is 0 Å². The minimum atomic E-state index is -4.31. The number of thiazole rings is 1. The topological polar surface area (TPSA) is 24.9 Å². The van der Waals surface area contributed by atoms with Crippen LogP contribution in [0, 0.1) is 0 Å². The van der Waals surface area contributed by atoms with Crippen LogP contribution in [0.1, 0.15) is 23.9 Å². The minimum Gasteiger partial charge on any atom is -0.316 e. The Bertz CT molecular complexity index is 612. The second-order valence-electron chi connectivity index (χ2n) is 5.19. The van der Waals surface area contributed by atoms with Crippen LogP contribution in [0.3, 0.4) is 0 Å². The Hall–Kier alpha value is -1.14. The molecule has 1 aliphatic heterocycles. The normalized spacial score (nSPS) is 24.2. The molecule has 1 N–H and O–H groups in total. The average Bonchev–Trinajstić information content (AvgIpc) is 2.93. The zero-order valence-corrected chi connectivity index (χ0v) is 11.2. The number of hydrogen-bond donors (Lipinski definition) is 1. The first kappa shape index (κ1) is 12.9. The number of fused-ring (bicyclic) bond motifs is 1. The fourth-order valence-electron chi connectivity index (χ4n) is 2.36. The van der Waals surface area contributed by atoms with Gasteiger partial charge in [0.05, 0.1) is 15.8 Å². The molecule has 1 unspecified atom stereocenters. The van der Waals surface area contributed by atoms with Gasteiger partial charge in [0, 0.05) is 12.0 Å². The molecule has 1 fully saturated rings. The number of nitrogens with one attached hydrogen (secondary N) is 1. The predicted octanol–water partition coefficient (Wildman–Crippen LogP) is 3.57. The Balaban J connectivity index is 2.06. The van der Waals surface area contributed by atoms with E-state index in [-0.39, 0.29) is 5.41 Å². The van der Waals surface area contributed by atoms with Gasteiger partial charge in [0.2, 0.25) is 0 Å². The third kappa shape index (κ3) is 2.23. The summed E-state index contributed by atoms with van der Waals surface area (Å²) in [7, 11) is 0. The molecule has 102 valence electrons. The van der Waals surface area contributed by atoms with E-state index < -0.39 is 11.7 Å². The van der Waals surface area contributed by atoms with Crippen molar-refractivity contribution >= 4 is 21.6 Å². The molecular weight excluding hydrogens is 273 g/mol. The van der Waals surface area contributed by atoms with E-state index in [0.29, 0.717) is 5.52 Å². The highest BCUT2D eigenvalue weighted by atomic mass is 32.1. The Labute approximate surface area is 112 Å².